The predicted molar refractivity (Wildman–Crippen MR) is 86.7 cm³/mol. The van der Waals surface area contributed by atoms with Crippen LogP contribution < -0.4 is 5.73 Å². The van der Waals surface area contributed by atoms with E-state index in [-0.39, 0.29) is 41.4 Å². The predicted octanol–water partition coefficient (Wildman–Crippen LogP) is 1.01. The first-order chi connectivity index (χ1) is 11.9. The highest BCUT2D eigenvalue weighted by Gasteiger charge is 2.21. The van der Waals surface area contributed by atoms with Crippen molar-refractivity contribution in [2.45, 2.75) is 6.54 Å². The molecule has 0 aliphatic rings. The summed E-state index contributed by atoms with van der Waals surface area (Å²) < 4.78 is 1.17. The topological polar surface area (TPSA) is 175 Å². The summed E-state index contributed by atoms with van der Waals surface area (Å²) in [6.07, 6.45) is 1.17. The van der Waals surface area contributed by atoms with Crippen LogP contribution in [-0.2, 0) is 6.54 Å². The maximum Gasteiger partial charge on any atom is 0.311 e. The fraction of sp³-hybridized carbons (Fsp3) is 0.133. The largest absolute Gasteiger partial charge is 0.502 e. The number of para-hydroxylation sites is 1. The van der Waals surface area contributed by atoms with E-state index in [0.29, 0.717) is 0 Å². The fourth-order valence-corrected chi connectivity index (χ4v) is 2.16. The second-order valence-electron chi connectivity index (χ2n) is 4.81. The normalized spacial score (nSPS) is 10.9. The van der Waals surface area contributed by atoms with Crippen LogP contribution in [0.15, 0.2) is 18.2 Å². The number of nitro benzene ring substituents is 1. The van der Waals surface area contributed by atoms with Crippen LogP contribution in [0.1, 0.15) is 16.8 Å². The van der Waals surface area contributed by atoms with E-state index in [1.54, 1.807) is 0 Å². The molecule has 0 fully saturated rings. The number of aromatic nitrogens is 2. The van der Waals surface area contributed by atoms with E-state index < -0.39 is 16.4 Å². The third-order valence-electron chi connectivity index (χ3n) is 3.33. The zero-order valence-electron chi connectivity index (χ0n) is 12.7. The number of nitrogen functional groups attached to an aromatic ring is 1. The molecule has 25 heavy (non-hydrogen) atoms. The Labute approximate surface area is 141 Å². The number of phenols is 1. The molecular formula is C15H12N6O4. The third kappa shape index (κ3) is 3.24. The molecule has 0 bridgehead atoms. The lowest BCUT2D eigenvalue weighted by molar-refractivity contribution is -0.385. The number of hydrogen-bond acceptors (Lipinski definition) is 8. The average Bonchev–Trinajstić information content (AvgIpc) is 2.90. The van der Waals surface area contributed by atoms with Gasteiger partial charge in [0.25, 0.3) is 0 Å². The van der Waals surface area contributed by atoms with Gasteiger partial charge in [0.15, 0.2) is 0 Å². The second-order valence-corrected chi connectivity index (χ2v) is 4.81. The maximum absolute atomic E-state index is 10.9. The van der Waals surface area contributed by atoms with E-state index in [0.717, 1.165) is 6.07 Å². The van der Waals surface area contributed by atoms with Gasteiger partial charge in [-0.15, -0.1) is 0 Å². The van der Waals surface area contributed by atoms with E-state index in [9.17, 15) is 25.7 Å². The Morgan fingerprint density at radius 2 is 2.20 bits per heavy atom. The van der Waals surface area contributed by atoms with Gasteiger partial charge in [-0.3, -0.25) is 10.1 Å². The number of aliphatic hydroxyl groups excluding tert-OH is 1. The van der Waals surface area contributed by atoms with Crippen LogP contribution in [0.4, 0.5) is 11.5 Å². The summed E-state index contributed by atoms with van der Waals surface area (Å²) in [5, 5.41) is 52.5. The summed E-state index contributed by atoms with van der Waals surface area (Å²) in [5.41, 5.74) is 5.05. The van der Waals surface area contributed by atoms with E-state index in [2.05, 4.69) is 5.10 Å². The quantitative estimate of drug-likeness (QED) is 0.410. The van der Waals surface area contributed by atoms with Crippen LogP contribution in [-0.4, -0.2) is 31.5 Å². The summed E-state index contributed by atoms with van der Waals surface area (Å²) >= 11 is 0. The van der Waals surface area contributed by atoms with Crippen LogP contribution in [0.25, 0.3) is 11.6 Å². The molecule has 0 saturated heterocycles. The average molecular weight is 340 g/mol. The first kappa shape index (κ1) is 17.5. The van der Waals surface area contributed by atoms with Crippen LogP contribution in [0.2, 0.25) is 0 Å². The van der Waals surface area contributed by atoms with E-state index >= 15 is 0 Å². The summed E-state index contributed by atoms with van der Waals surface area (Å²) in [4.78, 5) is 10.1. The minimum absolute atomic E-state index is 0.0176. The lowest BCUT2D eigenvalue weighted by atomic mass is 10.0. The number of allylic oxidation sites excluding steroid dienone is 1. The van der Waals surface area contributed by atoms with Gasteiger partial charge >= 0.3 is 5.69 Å². The Morgan fingerprint density at radius 1 is 1.48 bits per heavy atom. The Bertz CT molecular complexity index is 948. The molecule has 0 unspecified atom stereocenters. The highest BCUT2D eigenvalue weighted by atomic mass is 16.6. The molecule has 0 aliphatic heterocycles. The number of rotatable bonds is 5. The Morgan fingerprint density at radius 3 is 2.76 bits per heavy atom. The molecule has 0 aliphatic carbocycles. The number of nitrogens with two attached hydrogens (primary N) is 1. The molecule has 1 aromatic heterocycles. The zero-order valence-corrected chi connectivity index (χ0v) is 12.7. The first-order valence-electron chi connectivity index (χ1n) is 6.90. The molecule has 2 aromatic rings. The van der Waals surface area contributed by atoms with Crippen LogP contribution in [0.3, 0.4) is 0 Å². The molecule has 10 heteroatoms. The van der Waals surface area contributed by atoms with Gasteiger partial charge in [0.2, 0.25) is 5.75 Å². The zero-order chi connectivity index (χ0) is 18.6. The smallest absolute Gasteiger partial charge is 0.311 e. The molecule has 2 rings (SSSR count). The fourth-order valence-electron chi connectivity index (χ4n) is 2.16. The second kappa shape index (κ2) is 7.12. The highest BCUT2D eigenvalue weighted by Crippen LogP contribution is 2.33. The van der Waals surface area contributed by atoms with Gasteiger partial charge in [-0.1, -0.05) is 12.1 Å². The van der Waals surface area contributed by atoms with Crippen molar-refractivity contribution >= 4 is 23.2 Å². The van der Waals surface area contributed by atoms with Crippen molar-refractivity contribution in [2.75, 3.05) is 12.3 Å². The number of aromatic hydroxyl groups is 1. The van der Waals surface area contributed by atoms with Crippen molar-refractivity contribution in [2.24, 2.45) is 0 Å². The Balaban J connectivity index is 2.63. The van der Waals surface area contributed by atoms with Gasteiger partial charge < -0.3 is 15.9 Å². The number of nitriles is 2. The lowest BCUT2D eigenvalue weighted by Crippen LogP contribution is -2.07. The minimum Gasteiger partial charge on any atom is -0.502 e. The Kier molecular flexibility index (Phi) is 4.98. The molecule has 1 aromatic carbocycles. The van der Waals surface area contributed by atoms with E-state index in [1.165, 1.54) is 22.9 Å². The van der Waals surface area contributed by atoms with Crippen molar-refractivity contribution in [3.8, 4) is 17.9 Å². The van der Waals surface area contributed by atoms with Gasteiger partial charge in [0, 0.05) is 11.6 Å². The SMILES string of the molecule is N#CC(=Cc1cccc([N+](=O)[O-])c1O)c1nn(CCO)c(N)c1C#N. The van der Waals surface area contributed by atoms with Gasteiger partial charge in [-0.05, 0) is 6.08 Å². The summed E-state index contributed by atoms with van der Waals surface area (Å²) in [6.45, 7) is -0.241. The van der Waals surface area contributed by atoms with Crippen LogP contribution >= 0.6 is 0 Å². The van der Waals surface area contributed by atoms with Gasteiger partial charge in [-0.2, -0.15) is 15.6 Å². The molecule has 1 heterocycles. The molecule has 0 spiro atoms. The number of anilines is 1. The monoisotopic (exact) mass is 340 g/mol. The molecule has 0 atom stereocenters. The number of benzene rings is 1. The number of phenolic OH excluding ortho intramolecular Hbond substituents is 1. The van der Waals surface area contributed by atoms with Gasteiger partial charge in [0.05, 0.1) is 23.6 Å². The third-order valence-corrected chi connectivity index (χ3v) is 3.33. The number of aliphatic hydroxyl groups is 1. The highest BCUT2D eigenvalue weighted by molar-refractivity contribution is 5.92. The molecule has 0 amide bonds. The molecule has 0 radical (unpaired) electrons. The number of nitrogens with zero attached hydrogens (tertiary/aromatic N) is 5. The number of hydrogen-bond donors (Lipinski definition) is 3. The number of nitro groups is 1. The standard InChI is InChI=1S/C15H12N6O4/c16-7-10(6-9-2-1-3-12(14(9)23)21(24)25)13-11(8-17)15(18)20(19-13)4-5-22/h1-3,6,22-23H,4-5,18H2. The molecular weight excluding hydrogens is 328 g/mol. The van der Waals surface area contributed by atoms with E-state index in [1.807, 2.05) is 12.1 Å². The van der Waals surface area contributed by atoms with Crippen LogP contribution in [0, 0.1) is 32.8 Å². The van der Waals surface area contributed by atoms with Crippen LogP contribution in [0.5, 0.6) is 5.75 Å². The van der Waals surface area contributed by atoms with Crippen molar-refractivity contribution in [3.05, 3.63) is 45.1 Å². The summed E-state index contributed by atoms with van der Waals surface area (Å²) in [5.74, 6) is -0.627. The van der Waals surface area contributed by atoms with Gasteiger partial charge in [0.1, 0.15) is 29.2 Å². The summed E-state index contributed by atoms with van der Waals surface area (Å²) in [7, 11) is 0. The van der Waals surface area contributed by atoms with Crippen molar-refractivity contribution in [1.82, 2.24) is 9.78 Å². The molecule has 4 N–H and O–H groups in total. The molecule has 0 saturated carbocycles. The summed E-state index contributed by atoms with van der Waals surface area (Å²) in [6, 6.07) is 7.51. The molecule has 126 valence electrons. The Hall–Kier alpha value is -3.89. The van der Waals surface area contributed by atoms with Crippen molar-refractivity contribution in [1.29, 1.82) is 10.5 Å². The van der Waals surface area contributed by atoms with Crippen molar-refractivity contribution in [3.63, 3.8) is 0 Å². The maximum atomic E-state index is 10.9. The van der Waals surface area contributed by atoms with Crippen molar-refractivity contribution < 1.29 is 15.1 Å². The minimum atomic E-state index is -0.757. The molecule has 10 nitrogen and oxygen atoms in total. The van der Waals surface area contributed by atoms with Gasteiger partial charge in [-0.25, -0.2) is 4.68 Å². The first-order valence-corrected chi connectivity index (χ1v) is 6.90. The lowest BCUT2D eigenvalue weighted by Gasteiger charge is -2.01. The van der Waals surface area contributed by atoms with E-state index in [4.69, 9.17) is 10.8 Å².